The Balaban J connectivity index is 1.32. The minimum absolute atomic E-state index is 0.136. The molecule has 2 aromatic heterocycles. The SMILES string of the molecule is O=C(c1ccc(C2CCCO2)s1)N1CCC(Oc2ccncc2)CC1. The van der Waals surface area contributed by atoms with Gasteiger partial charge in [-0.25, -0.2) is 0 Å². The molecule has 0 radical (unpaired) electrons. The maximum Gasteiger partial charge on any atom is 0.263 e. The highest BCUT2D eigenvalue weighted by atomic mass is 32.1. The van der Waals surface area contributed by atoms with E-state index in [0.717, 1.165) is 56.0 Å². The van der Waals surface area contributed by atoms with Crippen LogP contribution in [0.15, 0.2) is 36.7 Å². The summed E-state index contributed by atoms with van der Waals surface area (Å²) in [4.78, 5) is 20.7. The predicted octanol–water partition coefficient (Wildman–Crippen LogP) is 3.68. The minimum Gasteiger partial charge on any atom is -0.490 e. The van der Waals surface area contributed by atoms with E-state index in [2.05, 4.69) is 4.98 Å². The van der Waals surface area contributed by atoms with Crippen LogP contribution in [-0.2, 0) is 4.74 Å². The molecule has 0 bridgehead atoms. The smallest absolute Gasteiger partial charge is 0.263 e. The van der Waals surface area contributed by atoms with Gasteiger partial charge in [-0.15, -0.1) is 11.3 Å². The van der Waals surface area contributed by atoms with Gasteiger partial charge in [0.05, 0.1) is 11.0 Å². The van der Waals surface area contributed by atoms with Gasteiger partial charge in [0.1, 0.15) is 11.9 Å². The minimum atomic E-state index is 0.136. The first-order valence-electron chi connectivity index (χ1n) is 8.87. The lowest BCUT2D eigenvalue weighted by Crippen LogP contribution is -2.41. The van der Waals surface area contributed by atoms with Gasteiger partial charge < -0.3 is 14.4 Å². The first kappa shape index (κ1) is 16.5. The third-order valence-corrected chi connectivity index (χ3v) is 5.93. The van der Waals surface area contributed by atoms with E-state index in [1.54, 1.807) is 23.7 Å². The highest BCUT2D eigenvalue weighted by Gasteiger charge is 2.27. The van der Waals surface area contributed by atoms with Gasteiger partial charge in [0.15, 0.2) is 0 Å². The Labute approximate surface area is 151 Å². The first-order valence-corrected chi connectivity index (χ1v) is 9.68. The molecule has 6 heteroatoms. The van der Waals surface area contributed by atoms with E-state index < -0.39 is 0 Å². The molecule has 0 N–H and O–H groups in total. The van der Waals surface area contributed by atoms with Gasteiger partial charge >= 0.3 is 0 Å². The summed E-state index contributed by atoms with van der Waals surface area (Å²) in [5, 5.41) is 0. The summed E-state index contributed by atoms with van der Waals surface area (Å²) in [5.74, 6) is 0.982. The lowest BCUT2D eigenvalue weighted by Gasteiger charge is -2.32. The summed E-state index contributed by atoms with van der Waals surface area (Å²) in [6, 6.07) is 7.74. The second-order valence-corrected chi connectivity index (χ2v) is 7.61. The fraction of sp³-hybridized carbons (Fsp3) is 0.474. The molecule has 2 aliphatic heterocycles. The van der Waals surface area contributed by atoms with Crippen LogP contribution in [0.3, 0.4) is 0 Å². The van der Waals surface area contributed by atoms with Gasteiger partial charge in [-0.2, -0.15) is 0 Å². The molecule has 0 saturated carbocycles. The van der Waals surface area contributed by atoms with Gasteiger partial charge in [0, 0.05) is 49.8 Å². The average molecular weight is 358 g/mol. The highest BCUT2D eigenvalue weighted by Crippen LogP contribution is 2.34. The Hall–Kier alpha value is -1.92. The third-order valence-electron chi connectivity index (χ3n) is 4.77. The van der Waals surface area contributed by atoms with Crippen molar-refractivity contribution >= 4 is 17.2 Å². The Morgan fingerprint density at radius 3 is 2.68 bits per heavy atom. The summed E-state index contributed by atoms with van der Waals surface area (Å²) in [5.41, 5.74) is 0. The van der Waals surface area contributed by atoms with Gasteiger partial charge in [0.25, 0.3) is 5.91 Å². The highest BCUT2D eigenvalue weighted by molar-refractivity contribution is 7.14. The number of nitrogens with zero attached hydrogens (tertiary/aromatic N) is 2. The van der Waals surface area contributed by atoms with Crippen molar-refractivity contribution in [2.24, 2.45) is 0 Å². The number of aromatic nitrogens is 1. The van der Waals surface area contributed by atoms with E-state index in [-0.39, 0.29) is 18.1 Å². The van der Waals surface area contributed by atoms with Gasteiger partial charge in [-0.1, -0.05) is 0 Å². The van der Waals surface area contributed by atoms with E-state index in [1.807, 2.05) is 29.2 Å². The Morgan fingerprint density at radius 2 is 1.96 bits per heavy atom. The molecule has 25 heavy (non-hydrogen) atoms. The number of amides is 1. The molecule has 2 saturated heterocycles. The zero-order chi connectivity index (χ0) is 17.1. The second-order valence-electron chi connectivity index (χ2n) is 6.50. The van der Waals surface area contributed by atoms with Crippen LogP contribution >= 0.6 is 11.3 Å². The van der Waals surface area contributed by atoms with Crippen LogP contribution in [0.4, 0.5) is 0 Å². The predicted molar refractivity (Wildman–Crippen MR) is 96.0 cm³/mol. The van der Waals surface area contributed by atoms with E-state index in [4.69, 9.17) is 9.47 Å². The molecule has 0 spiro atoms. The van der Waals surface area contributed by atoms with Crippen molar-refractivity contribution in [1.29, 1.82) is 0 Å². The van der Waals surface area contributed by atoms with Crippen LogP contribution in [0.1, 0.15) is 46.3 Å². The van der Waals surface area contributed by atoms with Gasteiger partial charge in [-0.05, 0) is 37.1 Å². The number of ether oxygens (including phenoxy) is 2. The number of carbonyl (C=O) groups is 1. The molecular formula is C19H22N2O3S. The van der Waals surface area contributed by atoms with Crippen molar-refractivity contribution in [2.45, 2.75) is 37.9 Å². The van der Waals surface area contributed by atoms with Crippen molar-refractivity contribution in [2.75, 3.05) is 19.7 Å². The number of carbonyl (C=O) groups excluding carboxylic acids is 1. The number of likely N-dealkylation sites (tertiary alicyclic amines) is 1. The van der Waals surface area contributed by atoms with E-state index in [9.17, 15) is 4.79 Å². The number of thiophene rings is 1. The third kappa shape index (κ3) is 3.85. The molecule has 132 valence electrons. The molecule has 5 nitrogen and oxygen atoms in total. The zero-order valence-corrected chi connectivity index (χ0v) is 14.9. The van der Waals surface area contributed by atoms with Crippen LogP contribution in [-0.4, -0.2) is 41.6 Å². The fourth-order valence-electron chi connectivity index (χ4n) is 3.38. The largest absolute Gasteiger partial charge is 0.490 e. The Kier molecular flexibility index (Phi) is 4.99. The molecule has 4 heterocycles. The fourth-order valence-corrected chi connectivity index (χ4v) is 4.44. The van der Waals surface area contributed by atoms with E-state index in [0.29, 0.717) is 0 Å². The van der Waals surface area contributed by atoms with Gasteiger partial charge in [-0.3, -0.25) is 9.78 Å². The molecule has 0 aromatic carbocycles. The summed E-state index contributed by atoms with van der Waals surface area (Å²) in [7, 11) is 0. The molecule has 0 aliphatic carbocycles. The van der Waals surface area contributed by atoms with E-state index >= 15 is 0 Å². The van der Waals surface area contributed by atoms with Crippen LogP contribution in [0.5, 0.6) is 5.75 Å². The maximum absolute atomic E-state index is 12.7. The van der Waals surface area contributed by atoms with Crippen LogP contribution < -0.4 is 4.74 Å². The van der Waals surface area contributed by atoms with Crippen LogP contribution in [0.25, 0.3) is 0 Å². The summed E-state index contributed by atoms with van der Waals surface area (Å²) in [6.45, 7) is 2.31. The van der Waals surface area contributed by atoms with Crippen molar-refractivity contribution in [3.8, 4) is 5.75 Å². The van der Waals surface area contributed by atoms with Crippen LogP contribution in [0, 0.1) is 0 Å². The topological polar surface area (TPSA) is 51.7 Å². The summed E-state index contributed by atoms with van der Waals surface area (Å²) >= 11 is 1.58. The molecule has 1 unspecified atom stereocenters. The molecule has 2 aliphatic rings. The number of hydrogen-bond donors (Lipinski definition) is 0. The molecule has 1 amide bonds. The van der Waals surface area contributed by atoms with Crippen molar-refractivity contribution in [3.05, 3.63) is 46.4 Å². The second kappa shape index (κ2) is 7.54. The molecule has 1 atom stereocenters. The number of hydrogen-bond acceptors (Lipinski definition) is 5. The standard InChI is InChI=1S/C19H22N2O3S/c22-19(18-4-3-17(25-18)16-2-1-13-23-16)21-11-7-15(8-12-21)24-14-5-9-20-10-6-14/h3-6,9-10,15-16H,1-2,7-8,11-13H2. The van der Waals surface area contributed by atoms with Gasteiger partial charge in [0.2, 0.25) is 0 Å². The summed E-state index contributed by atoms with van der Waals surface area (Å²) in [6.07, 6.45) is 7.70. The van der Waals surface area contributed by atoms with Crippen molar-refractivity contribution in [3.63, 3.8) is 0 Å². The molecule has 2 fully saturated rings. The van der Waals surface area contributed by atoms with Crippen molar-refractivity contribution < 1.29 is 14.3 Å². The number of rotatable bonds is 4. The molecule has 4 rings (SSSR count). The zero-order valence-electron chi connectivity index (χ0n) is 14.1. The monoisotopic (exact) mass is 358 g/mol. The lowest BCUT2D eigenvalue weighted by atomic mass is 10.1. The number of piperidine rings is 1. The maximum atomic E-state index is 12.7. The first-order chi connectivity index (χ1) is 12.3. The number of pyridine rings is 1. The van der Waals surface area contributed by atoms with Crippen LogP contribution in [0.2, 0.25) is 0 Å². The molecular weight excluding hydrogens is 336 g/mol. The molecule has 2 aromatic rings. The average Bonchev–Trinajstić information content (AvgIpc) is 3.34. The Morgan fingerprint density at radius 1 is 1.16 bits per heavy atom. The Bertz CT molecular complexity index is 704. The summed E-state index contributed by atoms with van der Waals surface area (Å²) < 4.78 is 11.7. The normalized spacial score (nSPS) is 21.4. The van der Waals surface area contributed by atoms with Crippen molar-refractivity contribution in [1.82, 2.24) is 9.88 Å². The van der Waals surface area contributed by atoms with E-state index in [1.165, 1.54) is 4.88 Å². The quantitative estimate of drug-likeness (QED) is 0.837. The lowest BCUT2D eigenvalue weighted by molar-refractivity contribution is 0.0600.